The first-order valence-electron chi connectivity index (χ1n) is 45.4. The average molecular weight is 1710 g/mol. The molecule has 9 heteroatoms. The van der Waals surface area contributed by atoms with Crippen LogP contribution < -0.4 is 0 Å². The Morgan fingerprint density at radius 1 is 0.163 bits per heavy atom. The lowest BCUT2D eigenvalue weighted by atomic mass is 9.87. The van der Waals surface area contributed by atoms with Gasteiger partial charge in [-0.3, -0.25) is 0 Å². The fourth-order valence-corrected chi connectivity index (χ4v) is 21.4. The van der Waals surface area contributed by atoms with Crippen LogP contribution >= 0.6 is 0 Å². The highest BCUT2D eigenvalue weighted by Gasteiger charge is 2.25. The molecule has 0 spiro atoms. The maximum Gasteiger partial charge on any atom is 0.164 e. The van der Waals surface area contributed by atoms with Gasteiger partial charge < -0.3 is 13.7 Å². The zero-order valence-corrected chi connectivity index (χ0v) is 72.7. The van der Waals surface area contributed by atoms with Gasteiger partial charge in [0, 0.05) is 66.1 Å². The van der Waals surface area contributed by atoms with E-state index in [0.717, 1.165) is 116 Å². The van der Waals surface area contributed by atoms with E-state index in [0.29, 0.717) is 34.2 Å². The second-order valence-corrected chi connectivity index (χ2v) is 34.9. The third-order valence-electron chi connectivity index (χ3n) is 27.5. The molecule has 0 aliphatic carbocycles. The quantitative estimate of drug-likeness (QED) is 0.126. The molecule has 0 N–H and O–H groups in total. The van der Waals surface area contributed by atoms with Crippen molar-refractivity contribution in [2.75, 3.05) is 0 Å². The summed E-state index contributed by atoms with van der Waals surface area (Å²) in [5.41, 5.74) is 24.3. The molecular formula is C126H73N9. The van der Waals surface area contributed by atoms with Crippen LogP contribution in [0, 0.1) is 34.0 Å². The topological polar surface area (TPSA) is 125 Å². The van der Waals surface area contributed by atoms with Crippen molar-refractivity contribution in [3.63, 3.8) is 0 Å². The lowest BCUT2D eigenvalue weighted by Crippen LogP contribution is -2.00. The summed E-state index contributed by atoms with van der Waals surface area (Å²) >= 11 is 0. The van der Waals surface area contributed by atoms with Crippen LogP contribution in [0.2, 0.25) is 0 Å². The second kappa shape index (κ2) is 31.3. The van der Waals surface area contributed by atoms with Crippen LogP contribution in [0.25, 0.3) is 258 Å². The SMILES string of the molecule is N#Cc1ccc2c(c1)c1ccc(-c3ccc4ccc5c(-c6ccccc6)ccc6ccc3c4c65)cc1n2-c1ccccc1.N#Cc1ccc2c(c1)c1ccc(-c3ccc4ccc5cccc6ccc3c4c56)cc1n2-c1ccccc1.N#Cc1ccc2c3ccc(-c4ccc5ccc6c(-c7nc(-c8ccccc8)nc(-c8ccccc8)n7)ccc7ccc4c5c76)cc3n(-c3ccccc3)c2c1. The van der Waals surface area contributed by atoms with Crippen LogP contribution in [0.15, 0.2) is 443 Å². The summed E-state index contributed by atoms with van der Waals surface area (Å²) in [6.07, 6.45) is 0. The Bertz CT molecular complexity index is 9760. The fraction of sp³-hybridized carbons (Fsp3) is 0. The van der Waals surface area contributed by atoms with Gasteiger partial charge in [-0.25, -0.2) is 15.0 Å². The standard InChI is InChI=1S/C50H29N5.C41H24N2.C35H20N2/c51-30-31-16-22-39-40-24-21-36(29-45(40)55(44(39)28-31)37-14-8-3-9-15-37)38-23-17-32-19-26-42-43(27-20-33-18-25-41(38)46(32)47(33)42)50-53-48(34-10-4-1-5-11-34)52-49(54-50)35-12-6-2-7-13-35;42-25-26-11-22-38-37(23-26)34-19-16-30(24-39(34)43(38)31-9-5-2-6-10-31)33-18-13-29-14-20-35-32(27-7-3-1-4-8-27)17-12-28-15-21-36(33)41(29)40(28)35;36-21-22-9-18-32-31(19-22)29-16-14-26(20-33(29)37(32)27-7-2-1-3-8-27)28-15-12-25-11-10-23-5-4-6-24-13-17-30(28)35(25)34(23)24/h1-29H;1-24H;1-20H. The minimum atomic E-state index is 0.642. The first-order valence-corrected chi connectivity index (χ1v) is 45.4. The van der Waals surface area contributed by atoms with Gasteiger partial charge in [-0.15, -0.1) is 0 Å². The normalized spacial score (nSPS) is 11.7. The molecule has 9 nitrogen and oxygen atoms in total. The van der Waals surface area contributed by atoms with Crippen molar-refractivity contribution in [3.05, 3.63) is 460 Å². The summed E-state index contributed by atoms with van der Waals surface area (Å²) in [7, 11) is 0. The van der Waals surface area contributed by atoms with E-state index in [2.05, 4.69) is 359 Å². The van der Waals surface area contributed by atoms with E-state index >= 15 is 0 Å². The zero-order chi connectivity index (χ0) is 89.5. The van der Waals surface area contributed by atoms with Crippen molar-refractivity contribution in [1.82, 2.24) is 28.7 Å². The molecule has 0 radical (unpaired) electrons. The van der Waals surface area contributed by atoms with E-state index in [1.807, 2.05) is 115 Å². The Labute approximate surface area is 774 Å². The molecule has 0 aliphatic heterocycles. The minimum absolute atomic E-state index is 0.642. The van der Waals surface area contributed by atoms with Crippen molar-refractivity contribution in [2.45, 2.75) is 0 Å². The monoisotopic (exact) mass is 1710 g/mol. The molecule has 4 heterocycles. The molecule has 0 amide bonds. The Hall–Kier alpha value is -18.7. The van der Waals surface area contributed by atoms with Crippen LogP contribution in [0.4, 0.5) is 0 Å². The molecule has 28 aromatic rings. The fourth-order valence-electron chi connectivity index (χ4n) is 21.4. The predicted molar refractivity (Wildman–Crippen MR) is 559 cm³/mol. The van der Waals surface area contributed by atoms with Gasteiger partial charge in [-0.2, -0.15) is 15.8 Å². The number of hydrogen-bond acceptors (Lipinski definition) is 6. The predicted octanol–water partition coefficient (Wildman–Crippen LogP) is 32.5. The molecule has 0 unspecified atom stereocenters. The molecule has 0 aliphatic rings. The van der Waals surface area contributed by atoms with Crippen molar-refractivity contribution in [3.8, 4) is 114 Å². The number of rotatable bonds is 10. The van der Waals surface area contributed by atoms with Gasteiger partial charge in [-0.05, 0) is 251 Å². The van der Waals surface area contributed by atoms with Crippen LogP contribution in [0.5, 0.6) is 0 Å². The van der Waals surface area contributed by atoms with Gasteiger partial charge in [0.05, 0.1) is 68.0 Å². The van der Waals surface area contributed by atoms with Crippen LogP contribution in [0.3, 0.4) is 0 Å². The average Bonchev–Trinajstić information content (AvgIpc) is 1.63. The molecule has 4 aromatic heterocycles. The van der Waals surface area contributed by atoms with Gasteiger partial charge in [0.2, 0.25) is 0 Å². The molecule has 0 atom stereocenters. The molecule has 0 saturated heterocycles. The number of para-hydroxylation sites is 3. The molecule has 0 bridgehead atoms. The maximum atomic E-state index is 9.78. The zero-order valence-electron chi connectivity index (χ0n) is 72.7. The molecule has 0 fully saturated rings. The summed E-state index contributed by atoms with van der Waals surface area (Å²) in [6.45, 7) is 0. The van der Waals surface area contributed by atoms with Gasteiger partial charge in [0.1, 0.15) is 0 Å². The smallest absolute Gasteiger partial charge is 0.164 e. The highest BCUT2D eigenvalue weighted by Crippen LogP contribution is 2.49. The number of benzene rings is 24. The Morgan fingerprint density at radius 2 is 0.422 bits per heavy atom. The Balaban J connectivity index is 0.000000108. The van der Waals surface area contributed by atoms with E-state index in [1.54, 1.807) is 0 Å². The highest BCUT2D eigenvalue weighted by atomic mass is 15.0. The van der Waals surface area contributed by atoms with E-state index < -0.39 is 0 Å². The second-order valence-electron chi connectivity index (χ2n) is 34.9. The lowest BCUT2D eigenvalue weighted by Gasteiger charge is -2.17. The first-order chi connectivity index (χ1) is 66.8. The lowest BCUT2D eigenvalue weighted by molar-refractivity contribution is 1.08. The van der Waals surface area contributed by atoms with Crippen molar-refractivity contribution < 1.29 is 0 Å². The van der Waals surface area contributed by atoms with Crippen LogP contribution in [0.1, 0.15) is 16.7 Å². The van der Waals surface area contributed by atoms with Gasteiger partial charge >= 0.3 is 0 Å². The number of aromatic nitrogens is 6. The Kier molecular flexibility index (Phi) is 18.0. The molecule has 0 saturated carbocycles. The van der Waals surface area contributed by atoms with E-state index in [-0.39, 0.29) is 0 Å². The van der Waals surface area contributed by atoms with Gasteiger partial charge in [0.25, 0.3) is 0 Å². The first kappa shape index (κ1) is 77.4. The van der Waals surface area contributed by atoms with E-state index in [4.69, 9.17) is 15.0 Å². The molecule has 622 valence electrons. The Morgan fingerprint density at radius 3 is 0.800 bits per heavy atom. The van der Waals surface area contributed by atoms with Gasteiger partial charge in [0.15, 0.2) is 17.5 Å². The minimum Gasteiger partial charge on any atom is -0.309 e. The summed E-state index contributed by atoms with van der Waals surface area (Å²) in [5, 5.41) is 58.2. The number of nitrogens with zero attached hydrogens (tertiary/aromatic N) is 9. The summed E-state index contributed by atoms with van der Waals surface area (Å²) in [5.74, 6) is 1.93. The summed E-state index contributed by atoms with van der Waals surface area (Å²) in [4.78, 5) is 15.1. The third kappa shape index (κ3) is 12.6. The van der Waals surface area contributed by atoms with Crippen molar-refractivity contribution >= 4 is 162 Å². The highest BCUT2D eigenvalue weighted by molar-refractivity contribution is 6.31. The summed E-state index contributed by atoms with van der Waals surface area (Å²) in [6, 6.07) is 163. The van der Waals surface area contributed by atoms with Crippen molar-refractivity contribution in [2.24, 2.45) is 0 Å². The van der Waals surface area contributed by atoms with E-state index in [9.17, 15) is 15.8 Å². The number of nitriles is 3. The third-order valence-corrected chi connectivity index (χ3v) is 27.5. The van der Waals surface area contributed by atoms with Crippen LogP contribution in [-0.4, -0.2) is 28.7 Å². The van der Waals surface area contributed by atoms with Gasteiger partial charge in [-0.1, -0.05) is 334 Å². The van der Waals surface area contributed by atoms with E-state index in [1.165, 1.54) is 125 Å². The largest absolute Gasteiger partial charge is 0.309 e. The maximum absolute atomic E-state index is 9.78. The summed E-state index contributed by atoms with van der Waals surface area (Å²) < 4.78 is 6.90. The number of hydrogen-bond donors (Lipinski definition) is 0. The molecular weight excluding hydrogens is 1640 g/mol. The van der Waals surface area contributed by atoms with Crippen LogP contribution in [-0.2, 0) is 0 Å². The molecule has 135 heavy (non-hydrogen) atoms. The van der Waals surface area contributed by atoms with Crippen molar-refractivity contribution in [1.29, 1.82) is 15.8 Å². The molecule has 24 aromatic carbocycles. The number of fused-ring (bicyclic) bond motifs is 9. The molecule has 28 rings (SSSR count).